The number of amides is 1. The molecule has 0 aromatic heterocycles. The largest absolute Gasteiger partial charge is 0.396 e. The first-order chi connectivity index (χ1) is 7.65. The van der Waals surface area contributed by atoms with Crippen molar-refractivity contribution < 1.29 is 9.90 Å². The minimum Gasteiger partial charge on any atom is -0.396 e. The fourth-order valence-electron chi connectivity index (χ4n) is 2.34. The molecule has 0 bridgehead atoms. The molecule has 2 rings (SSSR count). The van der Waals surface area contributed by atoms with Gasteiger partial charge in [0.15, 0.2) is 0 Å². The zero-order chi connectivity index (χ0) is 11.7. The third-order valence-corrected chi connectivity index (χ3v) is 3.40. The van der Waals surface area contributed by atoms with E-state index in [1.807, 2.05) is 43.0 Å². The minimum atomic E-state index is 0.0621. The molecular weight excluding hydrogens is 202 g/mol. The van der Waals surface area contributed by atoms with Crippen LogP contribution in [0.15, 0.2) is 24.3 Å². The lowest BCUT2D eigenvalue weighted by atomic mass is 10.0. The number of hydrogen-bond donors (Lipinski definition) is 1. The van der Waals surface area contributed by atoms with Crippen LogP contribution in [0.25, 0.3) is 0 Å². The van der Waals surface area contributed by atoms with Crippen LogP contribution in [0.1, 0.15) is 18.9 Å². The van der Waals surface area contributed by atoms with Crippen LogP contribution < -0.4 is 4.90 Å². The molecule has 1 saturated heterocycles. The van der Waals surface area contributed by atoms with E-state index >= 15 is 0 Å². The Balaban J connectivity index is 2.35. The molecule has 1 amide bonds. The van der Waals surface area contributed by atoms with Gasteiger partial charge in [0.1, 0.15) is 0 Å². The van der Waals surface area contributed by atoms with Gasteiger partial charge in [-0.15, -0.1) is 0 Å². The van der Waals surface area contributed by atoms with E-state index in [0.717, 1.165) is 11.3 Å². The van der Waals surface area contributed by atoms with Crippen molar-refractivity contribution in [3.8, 4) is 0 Å². The molecule has 1 N–H and O–H groups in total. The minimum absolute atomic E-state index is 0.0621. The maximum Gasteiger partial charge on any atom is 0.227 e. The van der Waals surface area contributed by atoms with Gasteiger partial charge in [-0.2, -0.15) is 0 Å². The number of para-hydroxylation sites is 1. The molecule has 0 aliphatic carbocycles. The van der Waals surface area contributed by atoms with Crippen molar-refractivity contribution in [3.05, 3.63) is 29.8 Å². The maximum absolute atomic E-state index is 11.9. The van der Waals surface area contributed by atoms with Gasteiger partial charge in [-0.3, -0.25) is 4.79 Å². The van der Waals surface area contributed by atoms with Gasteiger partial charge in [0.25, 0.3) is 0 Å². The van der Waals surface area contributed by atoms with E-state index in [2.05, 4.69) is 0 Å². The summed E-state index contributed by atoms with van der Waals surface area (Å²) in [4.78, 5) is 13.7. The Morgan fingerprint density at radius 2 is 2.12 bits per heavy atom. The van der Waals surface area contributed by atoms with Crippen LogP contribution in [-0.4, -0.2) is 23.7 Å². The van der Waals surface area contributed by atoms with Gasteiger partial charge < -0.3 is 10.0 Å². The zero-order valence-corrected chi connectivity index (χ0v) is 9.68. The molecule has 1 aromatic rings. The van der Waals surface area contributed by atoms with Crippen LogP contribution in [0.4, 0.5) is 5.69 Å². The number of anilines is 1. The van der Waals surface area contributed by atoms with Crippen molar-refractivity contribution in [3.63, 3.8) is 0 Å². The van der Waals surface area contributed by atoms with E-state index in [0.29, 0.717) is 6.42 Å². The molecule has 2 atom stereocenters. The highest BCUT2D eigenvalue weighted by molar-refractivity contribution is 5.97. The van der Waals surface area contributed by atoms with Crippen LogP contribution in [0.3, 0.4) is 0 Å². The Hall–Kier alpha value is -1.35. The highest BCUT2D eigenvalue weighted by Gasteiger charge is 2.37. The highest BCUT2D eigenvalue weighted by Crippen LogP contribution is 2.32. The first-order valence-electron chi connectivity index (χ1n) is 5.63. The van der Waals surface area contributed by atoms with Crippen molar-refractivity contribution in [1.29, 1.82) is 0 Å². The van der Waals surface area contributed by atoms with Gasteiger partial charge in [0.05, 0.1) is 0 Å². The first-order valence-corrected chi connectivity index (χ1v) is 5.63. The van der Waals surface area contributed by atoms with Gasteiger partial charge in [-0.1, -0.05) is 18.2 Å². The molecule has 2 unspecified atom stereocenters. The molecule has 3 nitrogen and oxygen atoms in total. The summed E-state index contributed by atoms with van der Waals surface area (Å²) in [7, 11) is 0. The third-order valence-electron chi connectivity index (χ3n) is 3.40. The van der Waals surface area contributed by atoms with Crippen LogP contribution >= 0.6 is 0 Å². The number of nitrogens with zero attached hydrogens (tertiary/aromatic N) is 1. The third kappa shape index (κ3) is 1.71. The quantitative estimate of drug-likeness (QED) is 0.823. The smallest absolute Gasteiger partial charge is 0.227 e. The Bertz CT molecular complexity index is 403. The average Bonchev–Trinajstić information content (AvgIpc) is 2.55. The van der Waals surface area contributed by atoms with Crippen molar-refractivity contribution in [1.82, 2.24) is 0 Å². The van der Waals surface area contributed by atoms with E-state index in [4.69, 9.17) is 0 Å². The van der Waals surface area contributed by atoms with Crippen molar-refractivity contribution in [2.75, 3.05) is 11.5 Å². The molecule has 1 heterocycles. The molecule has 1 aromatic carbocycles. The topological polar surface area (TPSA) is 40.5 Å². The molecule has 86 valence electrons. The first kappa shape index (κ1) is 11.1. The number of benzene rings is 1. The van der Waals surface area contributed by atoms with Gasteiger partial charge in [0, 0.05) is 30.7 Å². The van der Waals surface area contributed by atoms with Crippen LogP contribution in [0, 0.1) is 12.8 Å². The Labute approximate surface area is 95.7 Å². The second-order valence-corrected chi connectivity index (χ2v) is 4.44. The molecule has 0 radical (unpaired) electrons. The summed E-state index contributed by atoms with van der Waals surface area (Å²) in [6.45, 7) is 4.08. The fraction of sp³-hybridized carbons (Fsp3) is 0.462. The second-order valence-electron chi connectivity index (χ2n) is 4.44. The normalized spacial score (nSPS) is 25.2. The lowest BCUT2D eigenvalue weighted by Crippen LogP contribution is -2.34. The molecule has 0 saturated carbocycles. The number of rotatable bonds is 2. The lowest BCUT2D eigenvalue weighted by Gasteiger charge is -2.25. The monoisotopic (exact) mass is 219 g/mol. The summed E-state index contributed by atoms with van der Waals surface area (Å²) < 4.78 is 0. The maximum atomic E-state index is 11.9. The van der Waals surface area contributed by atoms with Crippen LogP contribution in [0.5, 0.6) is 0 Å². The van der Waals surface area contributed by atoms with E-state index < -0.39 is 0 Å². The fourth-order valence-corrected chi connectivity index (χ4v) is 2.34. The Morgan fingerprint density at radius 1 is 1.44 bits per heavy atom. The zero-order valence-electron chi connectivity index (χ0n) is 9.68. The van der Waals surface area contributed by atoms with Gasteiger partial charge >= 0.3 is 0 Å². The van der Waals surface area contributed by atoms with Crippen LogP contribution in [0.2, 0.25) is 0 Å². The molecule has 1 fully saturated rings. The summed E-state index contributed by atoms with van der Waals surface area (Å²) in [6.07, 6.45) is 0.450. The van der Waals surface area contributed by atoms with Crippen LogP contribution in [-0.2, 0) is 4.79 Å². The summed E-state index contributed by atoms with van der Waals surface area (Å²) in [5, 5.41) is 9.21. The van der Waals surface area contributed by atoms with Gasteiger partial charge in [0.2, 0.25) is 5.91 Å². The van der Waals surface area contributed by atoms with Crippen molar-refractivity contribution in [2.45, 2.75) is 26.3 Å². The number of aliphatic hydroxyl groups is 1. The van der Waals surface area contributed by atoms with Gasteiger partial charge in [-0.25, -0.2) is 0 Å². The van der Waals surface area contributed by atoms with Gasteiger partial charge in [-0.05, 0) is 25.5 Å². The van der Waals surface area contributed by atoms with E-state index in [-0.39, 0.29) is 24.5 Å². The average molecular weight is 219 g/mol. The molecule has 1 aliphatic heterocycles. The summed E-state index contributed by atoms with van der Waals surface area (Å²) >= 11 is 0. The molecule has 16 heavy (non-hydrogen) atoms. The van der Waals surface area contributed by atoms with Crippen molar-refractivity contribution in [2.24, 2.45) is 5.92 Å². The predicted molar refractivity (Wildman–Crippen MR) is 63.3 cm³/mol. The van der Waals surface area contributed by atoms with E-state index in [9.17, 15) is 9.90 Å². The second kappa shape index (κ2) is 4.26. The number of aryl methyl sites for hydroxylation is 1. The Kier molecular flexibility index (Phi) is 2.97. The number of hydrogen-bond acceptors (Lipinski definition) is 2. The van der Waals surface area contributed by atoms with E-state index in [1.54, 1.807) is 0 Å². The molecule has 3 heteroatoms. The SMILES string of the molecule is Cc1ccccc1N1C(=O)CC(CO)C1C. The predicted octanol–water partition coefficient (Wildman–Crippen LogP) is 1.73. The Morgan fingerprint density at radius 3 is 2.69 bits per heavy atom. The lowest BCUT2D eigenvalue weighted by molar-refractivity contribution is -0.117. The summed E-state index contributed by atoms with van der Waals surface area (Å²) in [5.74, 6) is 0.174. The highest BCUT2D eigenvalue weighted by atomic mass is 16.3. The molecule has 1 aliphatic rings. The number of aliphatic hydroxyl groups excluding tert-OH is 1. The number of carbonyl (C=O) groups is 1. The summed E-state index contributed by atoms with van der Waals surface area (Å²) in [6, 6.07) is 7.95. The molecule has 0 spiro atoms. The molecular formula is C13H17NO2. The number of carbonyl (C=O) groups excluding carboxylic acids is 1. The van der Waals surface area contributed by atoms with E-state index in [1.165, 1.54) is 0 Å². The standard InChI is InChI=1S/C13H17NO2/c1-9-5-3-4-6-12(9)14-10(2)11(8-15)7-13(14)16/h3-6,10-11,15H,7-8H2,1-2H3. The van der Waals surface area contributed by atoms with Crippen molar-refractivity contribution >= 4 is 11.6 Å². The summed E-state index contributed by atoms with van der Waals surface area (Å²) in [5.41, 5.74) is 2.07.